The van der Waals surface area contributed by atoms with E-state index in [0.29, 0.717) is 29.9 Å². The molecule has 0 atom stereocenters. The molecule has 1 N–H and O–H groups in total. The molecular weight excluding hydrogens is 338 g/mol. The van der Waals surface area contributed by atoms with Crippen molar-refractivity contribution in [3.63, 3.8) is 0 Å². The molecule has 0 spiro atoms. The maximum atomic E-state index is 12.1. The van der Waals surface area contributed by atoms with Gasteiger partial charge in [-0.15, -0.1) is 0 Å². The molecule has 7 heteroatoms. The largest absolute Gasteiger partial charge is 0.450 e. The molecule has 1 aliphatic heterocycles. The Kier molecular flexibility index (Phi) is 5.55. The zero-order chi connectivity index (χ0) is 15.2. The number of hydrogen-bond donors (Lipinski definition) is 1. The van der Waals surface area contributed by atoms with Gasteiger partial charge in [0.2, 0.25) is 0 Å². The van der Waals surface area contributed by atoms with Gasteiger partial charge in [0, 0.05) is 29.8 Å². The number of pyridine rings is 1. The summed E-state index contributed by atoms with van der Waals surface area (Å²) in [5, 5.41) is 2.96. The molecule has 1 aromatic heterocycles. The molecule has 0 radical (unpaired) electrons. The molecule has 2 heterocycles. The minimum Gasteiger partial charge on any atom is -0.450 e. The Bertz CT molecular complexity index is 516. The van der Waals surface area contributed by atoms with Crippen LogP contribution < -0.4 is 5.32 Å². The van der Waals surface area contributed by atoms with E-state index in [1.165, 1.54) is 0 Å². The minimum atomic E-state index is -0.283. The van der Waals surface area contributed by atoms with Crippen LogP contribution in [0.25, 0.3) is 0 Å². The van der Waals surface area contributed by atoms with E-state index in [0.717, 1.165) is 12.8 Å². The summed E-state index contributed by atoms with van der Waals surface area (Å²) in [5.41, 5.74) is 0.380. The molecule has 1 fully saturated rings. The summed E-state index contributed by atoms with van der Waals surface area (Å²) >= 11 is 3.31. The fraction of sp³-hybridized carbons (Fsp3) is 0.500. The first-order valence-corrected chi connectivity index (χ1v) is 7.74. The van der Waals surface area contributed by atoms with Crippen molar-refractivity contribution in [2.24, 2.45) is 0 Å². The number of likely N-dealkylation sites (tertiary alicyclic amines) is 1. The Balaban J connectivity index is 1.85. The van der Waals surface area contributed by atoms with Gasteiger partial charge in [0.15, 0.2) is 0 Å². The van der Waals surface area contributed by atoms with Gasteiger partial charge in [0.1, 0.15) is 5.69 Å². The zero-order valence-corrected chi connectivity index (χ0v) is 13.4. The maximum Gasteiger partial charge on any atom is 0.409 e. The lowest BCUT2D eigenvalue weighted by molar-refractivity contribution is 0.0856. The molecule has 6 nitrogen and oxygen atoms in total. The average molecular weight is 356 g/mol. The van der Waals surface area contributed by atoms with Crippen LogP contribution in [0.1, 0.15) is 30.3 Å². The van der Waals surface area contributed by atoms with E-state index >= 15 is 0 Å². The lowest BCUT2D eigenvalue weighted by atomic mass is 10.1. The number of nitrogens with one attached hydrogen (secondary N) is 1. The normalized spacial score (nSPS) is 15.6. The molecule has 0 bridgehead atoms. The summed E-state index contributed by atoms with van der Waals surface area (Å²) in [7, 11) is 0. The molecule has 114 valence electrons. The molecule has 1 aliphatic rings. The lowest BCUT2D eigenvalue weighted by Crippen LogP contribution is -2.46. The smallest absolute Gasteiger partial charge is 0.409 e. The molecule has 2 rings (SSSR count). The van der Waals surface area contributed by atoms with Crippen molar-refractivity contribution in [3.05, 3.63) is 28.5 Å². The standard InChI is InChI=1S/C14H18BrN3O3/c1-2-21-14(20)18-8-5-10(6-9-18)17-13(19)12-11(15)4-3-7-16-12/h3-4,7,10H,2,5-6,8-9H2,1H3,(H,17,19). The Morgan fingerprint density at radius 2 is 2.19 bits per heavy atom. The molecule has 0 aliphatic carbocycles. The van der Waals surface area contributed by atoms with E-state index in [1.807, 2.05) is 0 Å². The van der Waals surface area contributed by atoms with Crippen LogP contribution in [0.5, 0.6) is 0 Å². The number of carbonyl (C=O) groups excluding carboxylic acids is 2. The maximum absolute atomic E-state index is 12.1. The third-order valence-electron chi connectivity index (χ3n) is 3.33. The predicted molar refractivity (Wildman–Crippen MR) is 81.0 cm³/mol. The average Bonchev–Trinajstić information content (AvgIpc) is 2.48. The lowest BCUT2D eigenvalue weighted by Gasteiger charge is -2.31. The highest BCUT2D eigenvalue weighted by Crippen LogP contribution is 2.15. The SMILES string of the molecule is CCOC(=O)N1CCC(NC(=O)c2ncccc2Br)CC1. The van der Waals surface area contributed by atoms with E-state index in [-0.39, 0.29) is 18.0 Å². The number of rotatable bonds is 3. The van der Waals surface area contributed by atoms with Crippen molar-refractivity contribution in [2.45, 2.75) is 25.8 Å². The van der Waals surface area contributed by atoms with Crippen LogP contribution in [-0.4, -0.2) is 47.6 Å². The van der Waals surface area contributed by atoms with E-state index < -0.39 is 0 Å². The van der Waals surface area contributed by atoms with Crippen molar-refractivity contribution in [3.8, 4) is 0 Å². The summed E-state index contributed by atoms with van der Waals surface area (Å²) in [6.45, 7) is 3.35. The summed E-state index contributed by atoms with van der Waals surface area (Å²) in [4.78, 5) is 29.5. The topological polar surface area (TPSA) is 71.5 Å². The van der Waals surface area contributed by atoms with Crippen molar-refractivity contribution in [1.29, 1.82) is 0 Å². The van der Waals surface area contributed by atoms with E-state index in [9.17, 15) is 9.59 Å². The number of nitrogens with zero attached hydrogens (tertiary/aromatic N) is 2. The van der Waals surface area contributed by atoms with Crippen LogP contribution in [0.15, 0.2) is 22.8 Å². The fourth-order valence-electron chi connectivity index (χ4n) is 2.23. The van der Waals surface area contributed by atoms with Crippen LogP contribution in [-0.2, 0) is 4.74 Å². The second kappa shape index (κ2) is 7.40. The second-order valence-corrected chi connectivity index (χ2v) is 5.62. The fourth-order valence-corrected chi connectivity index (χ4v) is 2.66. The van der Waals surface area contributed by atoms with Crippen molar-refractivity contribution >= 4 is 27.9 Å². The zero-order valence-electron chi connectivity index (χ0n) is 11.8. The highest BCUT2D eigenvalue weighted by atomic mass is 79.9. The van der Waals surface area contributed by atoms with Crippen LogP contribution in [0.2, 0.25) is 0 Å². The van der Waals surface area contributed by atoms with Gasteiger partial charge in [-0.1, -0.05) is 0 Å². The predicted octanol–water partition coefficient (Wildman–Crippen LogP) is 2.19. The third kappa shape index (κ3) is 4.17. The molecule has 1 saturated heterocycles. The highest BCUT2D eigenvalue weighted by Gasteiger charge is 2.25. The van der Waals surface area contributed by atoms with Gasteiger partial charge in [0.25, 0.3) is 5.91 Å². The second-order valence-electron chi connectivity index (χ2n) is 4.77. The number of hydrogen-bond acceptors (Lipinski definition) is 4. The summed E-state index contributed by atoms with van der Waals surface area (Å²) < 4.78 is 5.64. The summed E-state index contributed by atoms with van der Waals surface area (Å²) in [6.07, 6.45) is 2.74. The van der Waals surface area contributed by atoms with E-state index in [2.05, 4.69) is 26.2 Å². The minimum absolute atomic E-state index is 0.0529. The van der Waals surface area contributed by atoms with Crippen LogP contribution in [0.3, 0.4) is 0 Å². The van der Waals surface area contributed by atoms with Gasteiger partial charge in [-0.25, -0.2) is 9.78 Å². The molecule has 0 unspecified atom stereocenters. The first-order chi connectivity index (χ1) is 10.1. The van der Waals surface area contributed by atoms with E-state index in [1.54, 1.807) is 30.2 Å². The number of aromatic nitrogens is 1. The number of carbonyl (C=O) groups is 2. The first-order valence-electron chi connectivity index (χ1n) is 6.95. The molecule has 2 amide bonds. The van der Waals surface area contributed by atoms with Gasteiger partial charge in [-0.05, 0) is 47.8 Å². The molecule has 1 aromatic rings. The molecule has 0 saturated carbocycles. The van der Waals surface area contributed by atoms with Gasteiger partial charge in [0.05, 0.1) is 6.61 Å². The van der Waals surface area contributed by atoms with E-state index in [4.69, 9.17) is 4.74 Å². The Hall–Kier alpha value is -1.63. The van der Waals surface area contributed by atoms with Crippen LogP contribution >= 0.6 is 15.9 Å². The number of halogens is 1. The molecule has 0 aromatic carbocycles. The Morgan fingerprint density at radius 3 is 2.81 bits per heavy atom. The van der Waals surface area contributed by atoms with Crippen LogP contribution in [0, 0.1) is 0 Å². The van der Waals surface area contributed by atoms with Crippen molar-refractivity contribution < 1.29 is 14.3 Å². The van der Waals surface area contributed by atoms with Crippen molar-refractivity contribution in [2.75, 3.05) is 19.7 Å². The van der Waals surface area contributed by atoms with Crippen LogP contribution in [0.4, 0.5) is 4.79 Å². The van der Waals surface area contributed by atoms with Gasteiger partial charge in [-0.2, -0.15) is 0 Å². The van der Waals surface area contributed by atoms with Crippen molar-refractivity contribution in [1.82, 2.24) is 15.2 Å². The number of piperidine rings is 1. The third-order valence-corrected chi connectivity index (χ3v) is 3.97. The molecular formula is C14H18BrN3O3. The summed E-state index contributed by atoms with van der Waals surface area (Å²) in [6, 6.07) is 3.60. The highest BCUT2D eigenvalue weighted by molar-refractivity contribution is 9.10. The summed E-state index contributed by atoms with van der Waals surface area (Å²) in [5.74, 6) is -0.197. The quantitative estimate of drug-likeness (QED) is 0.901. The Morgan fingerprint density at radius 1 is 1.48 bits per heavy atom. The number of amides is 2. The van der Waals surface area contributed by atoms with Gasteiger partial charge >= 0.3 is 6.09 Å². The monoisotopic (exact) mass is 355 g/mol. The first kappa shape index (κ1) is 15.8. The van der Waals surface area contributed by atoms with Gasteiger partial charge < -0.3 is 15.0 Å². The van der Waals surface area contributed by atoms with Gasteiger partial charge in [-0.3, -0.25) is 4.79 Å². The number of ether oxygens (including phenoxy) is 1. The Labute approximate surface area is 132 Å². The molecule has 21 heavy (non-hydrogen) atoms.